The van der Waals surface area contributed by atoms with E-state index < -0.39 is 0 Å². The molecule has 2 rings (SSSR count). The molecular weight excluding hydrogens is 242 g/mol. The lowest BCUT2D eigenvalue weighted by Gasteiger charge is -2.04. The van der Waals surface area contributed by atoms with E-state index in [9.17, 15) is 9.59 Å². The maximum absolute atomic E-state index is 12.1. The first kappa shape index (κ1) is 12.8. The molecule has 0 aliphatic heterocycles. The van der Waals surface area contributed by atoms with Crippen LogP contribution in [0.1, 0.15) is 22.8 Å². The summed E-state index contributed by atoms with van der Waals surface area (Å²) in [5.74, 6) is 0.0772. The van der Waals surface area contributed by atoms with E-state index in [1.807, 2.05) is 0 Å². The van der Waals surface area contributed by atoms with Gasteiger partial charge >= 0.3 is 0 Å². The number of carbonyl (C=O) groups is 2. The molecule has 19 heavy (non-hydrogen) atoms. The molecule has 96 valence electrons. The fourth-order valence-corrected chi connectivity index (χ4v) is 1.58. The third kappa shape index (κ3) is 3.16. The van der Waals surface area contributed by atoms with Crippen LogP contribution in [0.25, 0.3) is 0 Å². The summed E-state index contributed by atoms with van der Waals surface area (Å²) < 4.78 is 0. The standard InChI is InChI=1S/C14H13N3O2/c1-9(18)17-13-7-4-11(8-16-13)14(19)10-2-5-12(15)6-3-10/h2-8H,15H2,1H3,(H,16,17,18). The van der Waals surface area contributed by atoms with Crippen molar-refractivity contribution in [2.75, 3.05) is 11.1 Å². The van der Waals surface area contributed by atoms with Gasteiger partial charge in [-0.05, 0) is 36.4 Å². The number of nitrogen functional groups attached to an aromatic ring is 1. The number of benzene rings is 1. The number of nitrogens with one attached hydrogen (secondary N) is 1. The van der Waals surface area contributed by atoms with Crippen LogP contribution in [0, 0.1) is 0 Å². The Labute approximate surface area is 110 Å². The molecule has 0 aliphatic carbocycles. The normalized spacial score (nSPS) is 9.95. The van der Waals surface area contributed by atoms with Crippen LogP contribution in [-0.2, 0) is 4.79 Å². The number of nitrogens with two attached hydrogens (primary N) is 1. The molecule has 0 aliphatic rings. The Balaban J connectivity index is 2.20. The van der Waals surface area contributed by atoms with Crippen molar-refractivity contribution in [3.05, 3.63) is 53.7 Å². The second-order valence-corrected chi connectivity index (χ2v) is 4.06. The zero-order valence-electron chi connectivity index (χ0n) is 10.4. The fraction of sp³-hybridized carbons (Fsp3) is 0.0714. The lowest BCUT2D eigenvalue weighted by atomic mass is 10.0. The van der Waals surface area contributed by atoms with Crippen molar-refractivity contribution in [2.24, 2.45) is 0 Å². The minimum absolute atomic E-state index is 0.137. The molecule has 3 N–H and O–H groups in total. The summed E-state index contributed by atoms with van der Waals surface area (Å²) in [6, 6.07) is 9.89. The first-order valence-corrected chi connectivity index (χ1v) is 5.70. The monoisotopic (exact) mass is 255 g/mol. The Morgan fingerprint density at radius 3 is 2.21 bits per heavy atom. The molecule has 0 spiro atoms. The zero-order valence-corrected chi connectivity index (χ0v) is 10.4. The van der Waals surface area contributed by atoms with E-state index in [0.29, 0.717) is 22.6 Å². The molecule has 1 aromatic heterocycles. The molecule has 0 fully saturated rings. The highest BCUT2D eigenvalue weighted by Crippen LogP contribution is 2.13. The molecule has 0 saturated heterocycles. The highest BCUT2D eigenvalue weighted by Gasteiger charge is 2.09. The number of nitrogens with zero attached hydrogens (tertiary/aromatic N) is 1. The molecule has 1 aromatic carbocycles. The van der Waals surface area contributed by atoms with Crippen molar-refractivity contribution in [1.29, 1.82) is 0 Å². The lowest BCUT2D eigenvalue weighted by molar-refractivity contribution is -0.114. The molecule has 0 saturated carbocycles. The minimum Gasteiger partial charge on any atom is -0.399 e. The predicted octanol–water partition coefficient (Wildman–Crippen LogP) is 1.85. The van der Waals surface area contributed by atoms with Crippen molar-refractivity contribution >= 4 is 23.2 Å². The van der Waals surface area contributed by atoms with E-state index in [1.165, 1.54) is 13.1 Å². The molecule has 5 heteroatoms. The maximum atomic E-state index is 12.1. The number of hydrogen-bond acceptors (Lipinski definition) is 4. The number of pyridine rings is 1. The summed E-state index contributed by atoms with van der Waals surface area (Å²) in [4.78, 5) is 27.0. The van der Waals surface area contributed by atoms with Gasteiger partial charge in [0.15, 0.2) is 5.78 Å². The summed E-state index contributed by atoms with van der Waals surface area (Å²) in [5.41, 5.74) is 7.18. The van der Waals surface area contributed by atoms with E-state index in [4.69, 9.17) is 5.73 Å². The predicted molar refractivity (Wildman–Crippen MR) is 72.8 cm³/mol. The second kappa shape index (κ2) is 5.30. The van der Waals surface area contributed by atoms with Crippen LogP contribution in [-0.4, -0.2) is 16.7 Å². The first-order chi connectivity index (χ1) is 9.06. The van der Waals surface area contributed by atoms with E-state index in [0.717, 1.165) is 0 Å². The fourth-order valence-electron chi connectivity index (χ4n) is 1.58. The Bertz CT molecular complexity index is 604. The SMILES string of the molecule is CC(=O)Nc1ccc(C(=O)c2ccc(N)cc2)cn1. The van der Waals surface area contributed by atoms with E-state index in [-0.39, 0.29) is 11.7 Å². The van der Waals surface area contributed by atoms with E-state index in [2.05, 4.69) is 10.3 Å². The van der Waals surface area contributed by atoms with Gasteiger partial charge in [0.2, 0.25) is 5.91 Å². The highest BCUT2D eigenvalue weighted by molar-refractivity contribution is 6.09. The van der Waals surface area contributed by atoms with Crippen molar-refractivity contribution < 1.29 is 9.59 Å². The average molecular weight is 255 g/mol. The van der Waals surface area contributed by atoms with Gasteiger partial charge in [0, 0.05) is 29.9 Å². The lowest BCUT2D eigenvalue weighted by Crippen LogP contribution is -2.08. The molecule has 1 amide bonds. The number of carbonyl (C=O) groups excluding carboxylic acids is 2. The number of aromatic nitrogens is 1. The van der Waals surface area contributed by atoms with Gasteiger partial charge in [-0.3, -0.25) is 9.59 Å². The topological polar surface area (TPSA) is 85.1 Å². The molecule has 2 aromatic rings. The number of ketones is 1. The van der Waals surface area contributed by atoms with Gasteiger partial charge < -0.3 is 11.1 Å². The van der Waals surface area contributed by atoms with E-state index >= 15 is 0 Å². The first-order valence-electron chi connectivity index (χ1n) is 5.70. The number of hydrogen-bond donors (Lipinski definition) is 2. The van der Waals surface area contributed by atoms with Crippen LogP contribution in [0.5, 0.6) is 0 Å². The van der Waals surface area contributed by atoms with Gasteiger partial charge in [0.05, 0.1) is 0 Å². The number of amides is 1. The van der Waals surface area contributed by atoms with E-state index in [1.54, 1.807) is 36.4 Å². The van der Waals surface area contributed by atoms with Gasteiger partial charge in [0.25, 0.3) is 0 Å². The Kier molecular flexibility index (Phi) is 3.56. The summed E-state index contributed by atoms with van der Waals surface area (Å²) in [5, 5.41) is 2.54. The van der Waals surface area contributed by atoms with Crippen LogP contribution in [0.3, 0.4) is 0 Å². The maximum Gasteiger partial charge on any atom is 0.222 e. The molecule has 0 unspecified atom stereocenters. The number of anilines is 2. The van der Waals surface area contributed by atoms with Crippen LogP contribution in [0.15, 0.2) is 42.6 Å². The zero-order chi connectivity index (χ0) is 13.8. The third-order valence-electron chi connectivity index (χ3n) is 2.50. The molecule has 0 bridgehead atoms. The van der Waals surface area contributed by atoms with Crippen molar-refractivity contribution in [1.82, 2.24) is 4.98 Å². The Morgan fingerprint density at radius 1 is 1.05 bits per heavy atom. The largest absolute Gasteiger partial charge is 0.399 e. The minimum atomic E-state index is -0.204. The molecule has 0 radical (unpaired) electrons. The van der Waals surface area contributed by atoms with Crippen molar-refractivity contribution in [3.63, 3.8) is 0 Å². The van der Waals surface area contributed by atoms with Crippen LogP contribution >= 0.6 is 0 Å². The molecule has 1 heterocycles. The van der Waals surface area contributed by atoms with Crippen LogP contribution < -0.4 is 11.1 Å². The summed E-state index contributed by atoms with van der Waals surface area (Å²) in [7, 11) is 0. The van der Waals surface area contributed by atoms with Gasteiger partial charge in [-0.25, -0.2) is 4.98 Å². The second-order valence-electron chi connectivity index (χ2n) is 4.06. The van der Waals surface area contributed by atoms with Gasteiger partial charge in [-0.1, -0.05) is 0 Å². The summed E-state index contributed by atoms with van der Waals surface area (Å²) in [6.45, 7) is 1.40. The Hall–Kier alpha value is -2.69. The smallest absolute Gasteiger partial charge is 0.222 e. The summed E-state index contributed by atoms with van der Waals surface area (Å²) in [6.07, 6.45) is 1.43. The average Bonchev–Trinajstić information content (AvgIpc) is 2.39. The van der Waals surface area contributed by atoms with Crippen molar-refractivity contribution in [2.45, 2.75) is 6.92 Å². The summed E-state index contributed by atoms with van der Waals surface area (Å²) >= 11 is 0. The van der Waals surface area contributed by atoms with Crippen molar-refractivity contribution in [3.8, 4) is 0 Å². The van der Waals surface area contributed by atoms with Gasteiger partial charge in [-0.15, -0.1) is 0 Å². The number of rotatable bonds is 3. The van der Waals surface area contributed by atoms with Crippen LogP contribution in [0.4, 0.5) is 11.5 Å². The highest BCUT2D eigenvalue weighted by atomic mass is 16.1. The molecule has 5 nitrogen and oxygen atoms in total. The third-order valence-corrected chi connectivity index (χ3v) is 2.50. The van der Waals surface area contributed by atoms with Gasteiger partial charge in [-0.2, -0.15) is 0 Å². The van der Waals surface area contributed by atoms with Gasteiger partial charge in [0.1, 0.15) is 5.82 Å². The Morgan fingerprint density at radius 2 is 1.68 bits per heavy atom. The molecule has 0 atom stereocenters. The van der Waals surface area contributed by atoms with Crippen LogP contribution in [0.2, 0.25) is 0 Å². The quantitative estimate of drug-likeness (QED) is 0.647. The molecular formula is C14H13N3O2.